The lowest BCUT2D eigenvalue weighted by molar-refractivity contribution is -0.120. The topological polar surface area (TPSA) is 52.6 Å². The van der Waals surface area contributed by atoms with Gasteiger partial charge >= 0.3 is 0 Å². The number of benzene rings is 2. The van der Waals surface area contributed by atoms with E-state index in [0.717, 1.165) is 55.6 Å². The highest BCUT2D eigenvalue weighted by Gasteiger charge is 2.24. The Bertz CT molecular complexity index is 944. The van der Waals surface area contributed by atoms with Gasteiger partial charge in [-0.3, -0.25) is 9.59 Å². The molecule has 0 saturated carbocycles. The first-order valence-electron chi connectivity index (χ1n) is 11.0. The first-order chi connectivity index (χ1) is 15.0. The van der Waals surface area contributed by atoms with Crippen LogP contribution < -0.4 is 9.47 Å². The number of hydrogen-bond acceptors (Lipinski definition) is 4. The minimum Gasteiger partial charge on any atom is -0.497 e. The van der Waals surface area contributed by atoms with Crippen LogP contribution in [-0.2, 0) is 28.9 Å². The number of rotatable bonds is 4. The summed E-state index contributed by atoms with van der Waals surface area (Å²) in [4.78, 5) is 23.4. The zero-order chi connectivity index (χ0) is 22.2. The van der Waals surface area contributed by atoms with E-state index in [0.29, 0.717) is 24.4 Å². The highest BCUT2D eigenvalue weighted by atomic mass is 16.5. The number of fused-ring (bicyclic) bond motifs is 2. The summed E-state index contributed by atoms with van der Waals surface area (Å²) in [5.41, 5.74) is 4.86. The summed E-state index contributed by atoms with van der Waals surface area (Å²) < 4.78 is 10.4. The molecule has 2 aliphatic rings. The Kier molecular flexibility index (Phi) is 8.05. The lowest BCUT2D eigenvalue weighted by Crippen LogP contribution is -2.10. The quantitative estimate of drug-likeness (QED) is 0.491. The van der Waals surface area contributed by atoms with E-state index in [4.69, 9.17) is 9.47 Å². The van der Waals surface area contributed by atoms with Crippen molar-refractivity contribution in [1.82, 2.24) is 0 Å². The molecule has 0 aliphatic heterocycles. The Labute approximate surface area is 185 Å². The second-order valence-electron chi connectivity index (χ2n) is 8.17. The average Bonchev–Trinajstić information content (AvgIpc) is 3.06. The number of ketones is 2. The first-order valence-corrected chi connectivity index (χ1v) is 11.0. The molecule has 0 N–H and O–H groups in total. The maximum absolute atomic E-state index is 12.0. The van der Waals surface area contributed by atoms with E-state index in [9.17, 15) is 9.59 Å². The molecule has 0 spiro atoms. The summed E-state index contributed by atoms with van der Waals surface area (Å²) in [7, 11) is 3.34. The third-order valence-electron chi connectivity index (χ3n) is 6.09. The third kappa shape index (κ3) is 5.84. The summed E-state index contributed by atoms with van der Waals surface area (Å²) in [6.45, 7) is 3.75. The second-order valence-corrected chi connectivity index (χ2v) is 8.17. The number of hydrogen-bond donors (Lipinski definition) is 0. The van der Waals surface area contributed by atoms with Gasteiger partial charge in [-0.05, 0) is 78.6 Å². The van der Waals surface area contributed by atoms with Gasteiger partial charge in [-0.1, -0.05) is 18.2 Å². The van der Waals surface area contributed by atoms with Crippen molar-refractivity contribution in [2.24, 2.45) is 0 Å². The molecular formula is C27H32O4. The van der Waals surface area contributed by atoms with Crippen LogP contribution in [0.2, 0.25) is 0 Å². The van der Waals surface area contributed by atoms with Crippen LogP contribution in [0.1, 0.15) is 60.3 Å². The zero-order valence-corrected chi connectivity index (χ0v) is 18.6. The molecule has 31 heavy (non-hydrogen) atoms. The van der Waals surface area contributed by atoms with Gasteiger partial charge in [-0.15, -0.1) is 6.58 Å². The molecule has 0 heterocycles. The Hall–Kier alpha value is -2.88. The molecule has 0 fully saturated rings. The van der Waals surface area contributed by atoms with Crippen LogP contribution in [0.25, 0.3) is 0 Å². The summed E-state index contributed by atoms with van der Waals surface area (Å²) >= 11 is 0. The zero-order valence-electron chi connectivity index (χ0n) is 18.6. The molecule has 4 rings (SSSR count). The number of carbonyl (C=O) groups excluding carboxylic acids is 2. The van der Waals surface area contributed by atoms with Gasteiger partial charge in [-0.2, -0.15) is 0 Å². The summed E-state index contributed by atoms with van der Waals surface area (Å²) in [6.07, 6.45) is 8.43. The van der Waals surface area contributed by atoms with Crippen LogP contribution in [0.4, 0.5) is 0 Å². The first kappa shape index (κ1) is 22.8. The van der Waals surface area contributed by atoms with Crippen molar-refractivity contribution in [2.45, 2.75) is 57.3 Å². The van der Waals surface area contributed by atoms with E-state index in [1.165, 1.54) is 16.7 Å². The summed E-state index contributed by atoms with van der Waals surface area (Å²) in [5, 5.41) is 0. The third-order valence-corrected chi connectivity index (χ3v) is 6.09. The van der Waals surface area contributed by atoms with Gasteiger partial charge in [0.25, 0.3) is 0 Å². The lowest BCUT2D eigenvalue weighted by Gasteiger charge is -2.15. The Balaban J connectivity index is 0.000000179. The molecular weight excluding hydrogens is 388 g/mol. The van der Waals surface area contributed by atoms with Crippen molar-refractivity contribution in [2.75, 3.05) is 14.2 Å². The standard InChI is InChI=1S/C15H18O2.C12H14O2/c1-3-5-14-13-9-8-12(17-2)10-11(13)6-4-7-15(14)16;1-14-12-6-5-10-7-11(13)4-2-3-9(10)8-12/h3,8-10,14H,1,4-7H2,2H3;5-6,8H,2-4,7H2,1H3. The van der Waals surface area contributed by atoms with Crippen molar-refractivity contribution in [1.29, 1.82) is 0 Å². The largest absolute Gasteiger partial charge is 0.497 e. The van der Waals surface area contributed by atoms with Crippen molar-refractivity contribution >= 4 is 11.6 Å². The molecule has 2 aromatic carbocycles. The fourth-order valence-electron chi connectivity index (χ4n) is 4.40. The van der Waals surface area contributed by atoms with Gasteiger partial charge in [0, 0.05) is 25.2 Å². The van der Waals surface area contributed by atoms with E-state index in [-0.39, 0.29) is 5.92 Å². The van der Waals surface area contributed by atoms with Crippen LogP contribution in [0.3, 0.4) is 0 Å². The maximum atomic E-state index is 12.0. The molecule has 164 valence electrons. The van der Waals surface area contributed by atoms with Crippen LogP contribution >= 0.6 is 0 Å². The SMILES string of the molecule is C=CCC1C(=O)CCCc2cc(OC)ccc21.COc1ccc2c(c1)CCCC(=O)C2. The molecule has 0 radical (unpaired) electrons. The van der Waals surface area contributed by atoms with E-state index in [1.54, 1.807) is 14.2 Å². The number of Topliss-reactive ketones (excluding diaryl/α,β-unsaturated/α-hetero) is 2. The van der Waals surface area contributed by atoms with Crippen LogP contribution in [-0.4, -0.2) is 25.8 Å². The van der Waals surface area contributed by atoms with Gasteiger partial charge in [-0.25, -0.2) is 0 Å². The van der Waals surface area contributed by atoms with E-state index >= 15 is 0 Å². The van der Waals surface area contributed by atoms with E-state index < -0.39 is 0 Å². The normalized spacial score (nSPS) is 17.8. The number of methoxy groups -OCH3 is 2. The smallest absolute Gasteiger partial charge is 0.140 e. The van der Waals surface area contributed by atoms with Crippen LogP contribution in [0.5, 0.6) is 11.5 Å². The Morgan fingerprint density at radius 1 is 0.871 bits per heavy atom. The van der Waals surface area contributed by atoms with Crippen molar-refractivity contribution in [3.63, 3.8) is 0 Å². The Morgan fingerprint density at radius 2 is 1.52 bits per heavy atom. The van der Waals surface area contributed by atoms with Gasteiger partial charge < -0.3 is 9.47 Å². The molecule has 4 heteroatoms. The van der Waals surface area contributed by atoms with Crippen molar-refractivity contribution in [3.8, 4) is 11.5 Å². The van der Waals surface area contributed by atoms with Crippen molar-refractivity contribution in [3.05, 3.63) is 71.3 Å². The summed E-state index contributed by atoms with van der Waals surface area (Å²) in [5.74, 6) is 2.45. The minimum atomic E-state index is -0.00379. The maximum Gasteiger partial charge on any atom is 0.140 e. The van der Waals surface area contributed by atoms with Crippen molar-refractivity contribution < 1.29 is 19.1 Å². The molecule has 2 aromatic rings. The minimum absolute atomic E-state index is 0.00379. The number of allylic oxidation sites excluding steroid dienone is 1. The fraction of sp³-hybridized carbons (Fsp3) is 0.407. The van der Waals surface area contributed by atoms with Gasteiger partial charge in [0.1, 0.15) is 23.1 Å². The molecule has 4 nitrogen and oxygen atoms in total. The van der Waals surface area contributed by atoms with E-state index in [2.05, 4.69) is 12.6 Å². The number of carbonyl (C=O) groups is 2. The van der Waals surface area contributed by atoms with Crippen LogP contribution in [0.15, 0.2) is 49.1 Å². The molecule has 0 amide bonds. The lowest BCUT2D eigenvalue weighted by atomic mass is 9.89. The van der Waals surface area contributed by atoms with E-state index in [1.807, 2.05) is 36.4 Å². The number of ether oxygens (including phenoxy) is 2. The molecule has 1 atom stereocenters. The number of aryl methyl sites for hydroxylation is 2. The molecule has 0 bridgehead atoms. The summed E-state index contributed by atoms with van der Waals surface area (Å²) in [6, 6.07) is 12.0. The molecule has 2 aliphatic carbocycles. The highest BCUT2D eigenvalue weighted by Crippen LogP contribution is 2.33. The fourth-order valence-corrected chi connectivity index (χ4v) is 4.40. The van der Waals surface area contributed by atoms with Gasteiger partial charge in [0.15, 0.2) is 0 Å². The predicted octanol–water partition coefficient (Wildman–Crippen LogP) is 5.40. The average molecular weight is 421 g/mol. The van der Waals surface area contributed by atoms with Gasteiger partial charge in [0.2, 0.25) is 0 Å². The highest BCUT2D eigenvalue weighted by molar-refractivity contribution is 5.87. The monoisotopic (exact) mass is 420 g/mol. The second kappa shape index (κ2) is 10.9. The molecule has 0 aromatic heterocycles. The van der Waals surface area contributed by atoms with Crippen LogP contribution in [0, 0.1) is 0 Å². The molecule has 1 unspecified atom stereocenters. The Morgan fingerprint density at radius 3 is 2.23 bits per heavy atom. The van der Waals surface area contributed by atoms with Gasteiger partial charge in [0.05, 0.1) is 14.2 Å². The molecule has 0 saturated heterocycles. The predicted molar refractivity (Wildman–Crippen MR) is 123 cm³/mol.